The summed E-state index contributed by atoms with van der Waals surface area (Å²) in [6.45, 7) is 0.325. The molecule has 4 aromatic rings. The van der Waals surface area contributed by atoms with Crippen LogP contribution in [0.25, 0.3) is 0 Å². The first-order valence-corrected chi connectivity index (χ1v) is 14.2. The number of H-pyrrole nitrogens is 1. The molecule has 0 aliphatic carbocycles. The molecule has 232 valence electrons. The summed E-state index contributed by atoms with van der Waals surface area (Å²) in [4.78, 5) is 26.7. The van der Waals surface area contributed by atoms with Crippen molar-refractivity contribution in [3.63, 3.8) is 0 Å². The molecule has 1 saturated heterocycles. The van der Waals surface area contributed by atoms with E-state index in [1.807, 2.05) is 78.9 Å². The van der Waals surface area contributed by atoms with Crippen LogP contribution in [0.3, 0.4) is 0 Å². The number of aromatic nitrogens is 2. The number of hydrogen-bond donors (Lipinski definition) is 2. The molecule has 2 heterocycles. The van der Waals surface area contributed by atoms with E-state index < -0.39 is 41.4 Å². The van der Waals surface area contributed by atoms with Crippen molar-refractivity contribution in [2.75, 3.05) is 41.2 Å². The summed E-state index contributed by atoms with van der Waals surface area (Å²) < 4.78 is 36.2. The molecule has 1 aliphatic rings. The van der Waals surface area contributed by atoms with Gasteiger partial charge in [0.05, 0.1) is 34.0 Å². The predicted octanol–water partition coefficient (Wildman–Crippen LogP) is 2.85. The number of aliphatic hydroxyl groups excluding tert-OH is 1. The molecule has 0 amide bonds. The number of nitrogens with one attached hydrogen (secondary N) is 1. The van der Waals surface area contributed by atoms with Gasteiger partial charge in [-0.25, -0.2) is 4.79 Å². The minimum atomic E-state index is -1.18. The van der Waals surface area contributed by atoms with E-state index in [1.54, 1.807) is 14.2 Å². The van der Waals surface area contributed by atoms with Gasteiger partial charge in [-0.2, -0.15) is 0 Å². The Bertz CT molecular complexity index is 1560. The Hall–Kier alpha value is -4.26. The Kier molecular flexibility index (Phi) is 9.93. The second-order valence-corrected chi connectivity index (χ2v) is 10.2. The van der Waals surface area contributed by atoms with E-state index >= 15 is 0 Å². The third-order valence-electron chi connectivity index (χ3n) is 7.67. The van der Waals surface area contributed by atoms with E-state index in [0.29, 0.717) is 11.5 Å². The van der Waals surface area contributed by atoms with Crippen molar-refractivity contribution < 1.29 is 33.5 Å². The van der Waals surface area contributed by atoms with Crippen LogP contribution in [0.2, 0.25) is 0 Å². The summed E-state index contributed by atoms with van der Waals surface area (Å²) >= 11 is 0. The summed E-state index contributed by atoms with van der Waals surface area (Å²) in [5.41, 5.74) is 0.0678. The van der Waals surface area contributed by atoms with Crippen molar-refractivity contribution in [3.8, 4) is 11.5 Å². The first kappa shape index (κ1) is 31.2. The molecule has 11 heteroatoms. The van der Waals surface area contributed by atoms with Crippen LogP contribution >= 0.6 is 0 Å². The number of aliphatic hydroxyl groups is 1. The van der Waals surface area contributed by atoms with E-state index in [1.165, 1.54) is 23.9 Å². The highest BCUT2D eigenvalue weighted by Gasteiger charge is 2.48. The van der Waals surface area contributed by atoms with Gasteiger partial charge in [-0.05, 0) is 41.0 Å². The highest BCUT2D eigenvalue weighted by molar-refractivity contribution is 5.49. The molecule has 1 aliphatic heterocycles. The Morgan fingerprint density at radius 3 is 1.95 bits per heavy atom. The highest BCUT2D eigenvalue weighted by atomic mass is 16.6. The lowest BCUT2D eigenvalue weighted by molar-refractivity contribution is -0.0994. The fourth-order valence-corrected chi connectivity index (χ4v) is 5.44. The van der Waals surface area contributed by atoms with Crippen LogP contribution in [0.1, 0.15) is 22.9 Å². The summed E-state index contributed by atoms with van der Waals surface area (Å²) in [7, 11) is 4.74. The second kappa shape index (κ2) is 14.0. The molecule has 5 rings (SSSR count). The maximum Gasteiger partial charge on any atom is 0.330 e. The minimum absolute atomic E-state index is 0.0904. The van der Waals surface area contributed by atoms with E-state index in [4.69, 9.17) is 28.4 Å². The van der Waals surface area contributed by atoms with Crippen LogP contribution < -0.4 is 20.7 Å². The fourth-order valence-electron chi connectivity index (χ4n) is 5.44. The van der Waals surface area contributed by atoms with Gasteiger partial charge < -0.3 is 33.5 Å². The molecular formula is C33H36N2O9. The normalized spacial score (nSPS) is 20.0. The van der Waals surface area contributed by atoms with Gasteiger partial charge in [-0.3, -0.25) is 14.3 Å². The fraction of sp³-hybridized carbons (Fsp3) is 0.333. The van der Waals surface area contributed by atoms with E-state index in [0.717, 1.165) is 16.7 Å². The van der Waals surface area contributed by atoms with Gasteiger partial charge in [0.1, 0.15) is 35.4 Å². The van der Waals surface area contributed by atoms with Crippen molar-refractivity contribution in [3.05, 3.63) is 129 Å². The lowest BCUT2D eigenvalue weighted by atomic mass is 9.80. The molecular weight excluding hydrogens is 568 g/mol. The van der Waals surface area contributed by atoms with Crippen molar-refractivity contribution in [2.24, 2.45) is 0 Å². The van der Waals surface area contributed by atoms with Crippen LogP contribution in [0.5, 0.6) is 11.5 Å². The lowest BCUT2D eigenvalue weighted by Crippen LogP contribution is -2.41. The third kappa shape index (κ3) is 6.33. The lowest BCUT2D eigenvalue weighted by Gasteiger charge is -2.37. The molecule has 0 radical (unpaired) electrons. The van der Waals surface area contributed by atoms with Crippen molar-refractivity contribution in [2.45, 2.75) is 30.1 Å². The van der Waals surface area contributed by atoms with Gasteiger partial charge in [0, 0.05) is 19.4 Å². The predicted molar refractivity (Wildman–Crippen MR) is 161 cm³/mol. The molecule has 3 aromatic carbocycles. The Balaban J connectivity index is 1.55. The molecule has 0 bridgehead atoms. The molecule has 0 saturated carbocycles. The summed E-state index contributed by atoms with van der Waals surface area (Å²) in [6.07, 6.45) is -2.76. The van der Waals surface area contributed by atoms with Crippen molar-refractivity contribution in [1.29, 1.82) is 0 Å². The molecule has 1 aromatic heterocycles. The average Bonchev–Trinajstić information content (AvgIpc) is 3.36. The summed E-state index contributed by atoms with van der Waals surface area (Å²) in [5, 5.41) is 11.5. The second-order valence-electron chi connectivity index (χ2n) is 10.2. The minimum Gasteiger partial charge on any atom is -0.497 e. The Morgan fingerprint density at radius 2 is 1.41 bits per heavy atom. The van der Waals surface area contributed by atoms with E-state index in [9.17, 15) is 14.7 Å². The number of aromatic amines is 1. The molecule has 44 heavy (non-hydrogen) atoms. The average molecular weight is 605 g/mol. The number of hydrogen-bond acceptors (Lipinski definition) is 9. The van der Waals surface area contributed by atoms with Gasteiger partial charge in [0.15, 0.2) is 6.23 Å². The monoisotopic (exact) mass is 604 g/mol. The van der Waals surface area contributed by atoms with E-state index in [-0.39, 0.29) is 19.8 Å². The summed E-state index contributed by atoms with van der Waals surface area (Å²) in [5.74, 6) is 1.37. The van der Waals surface area contributed by atoms with Gasteiger partial charge >= 0.3 is 5.69 Å². The zero-order valence-electron chi connectivity index (χ0n) is 24.8. The first-order chi connectivity index (χ1) is 21.4. The first-order valence-electron chi connectivity index (χ1n) is 14.2. The van der Waals surface area contributed by atoms with E-state index in [2.05, 4.69) is 4.98 Å². The van der Waals surface area contributed by atoms with Gasteiger partial charge in [0.2, 0.25) is 0 Å². The molecule has 4 atom stereocenters. The SMILES string of the molecule is COCCO[C@H]1[C@@H](O)[C@@H](COC(c2ccccc2)(c2ccc(OC)cc2)c2ccc(OC)cc2)O[C@@H]1n1ccc(=O)[nH]c1=O. The van der Waals surface area contributed by atoms with Crippen LogP contribution in [0.4, 0.5) is 0 Å². The van der Waals surface area contributed by atoms with Gasteiger partial charge in [-0.1, -0.05) is 54.6 Å². The number of rotatable bonds is 13. The zero-order valence-corrected chi connectivity index (χ0v) is 24.8. The molecule has 11 nitrogen and oxygen atoms in total. The number of nitrogens with zero attached hydrogens (tertiary/aromatic N) is 1. The maximum absolute atomic E-state index is 12.7. The van der Waals surface area contributed by atoms with Crippen molar-refractivity contribution in [1.82, 2.24) is 9.55 Å². The largest absolute Gasteiger partial charge is 0.497 e. The smallest absolute Gasteiger partial charge is 0.330 e. The Morgan fingerprint density at radius 1 is 0.818 bits per heavy atom. The topological polar surface area (TPSA) is 130 Å². The molecule has 2 N–H and O–H groups in total. The number of benzene rings is 3. The Labute approximate surface area is 254 Å². The molecule has 1 fully saturated rings. The third-order valence-corrected chi connectivity index (χ3v) is 7.67. The highest BCUT2D eigenvalue weighted by Crippen LogP contribution is 2.43. The zero-order chi connectivity index (χ0) is 31.1. The van der Waals surface area contributed by atoms with Crippen molar-refractivity contribution >= 4 is 0 Å². The number of methoxy groups -OCH3 is 3. The number of ether oxygens (including phenoxy) is 6. The van der Waals surface area contributed by atoms with Gasteiger partial charge in [0.25, 0.3) is 5.56 Å². The van der Waals surface area contributed by atoms with Crippen LogP contribution in [-0.4, -0.2) is 74.1 Å². The quantitative estimate of drug-likeness (QED) is 0.175. The molecule has 0 unspecified atom stereocenters. The maximum atomic E-state index is 12.7. The van der Waals surface area contributed by atoms with Gasteiger partial charge in [-0.15, -0.1) is 0 Å². The molecule has 0 spiro atoms. The standard InChI is InChI=1S/C33H36N2O9/c1-39-19-20-42-30-29(37)27(44-31(30)35-18-17-28(36)34-32(35)38)21-43-33(22-7-5-4-6-8-22,23-9-13-25(40-2)14-10-23)24-11-15-26(41-3)16-12-24/h4-18,27,29-31,37H,19-21H2,1-3H3,(H,34,36,38)/t27-,29+,30+,31+/m1/s1. The van der Waals surface area contributed by atoms with Crippen LogP contribution in [0.15, 0.2) is 101 Å². The van der Waals surface area contributed by atoms with Crippen LogP contribution in [-0.2, 0) is 24.5 Å². The van der Waals surface area contributed by atoms with Crippen LogP contribution in [0, 0.1) is 0 Å². The summed E-state index contributed by atoms with van der Waals surface area (Å²) in [6, 6.07) is 26.1.